The SMILES string of the molecule is CCc1cnc([C@@H](C)NC(=O)NC[C@H](C)O)s1. The molecule has 96 valence electrons. The molecule has 0 aliphatic carbocycles. The van der Waals surface area contributed by atoms with Crippen molar-refractivity contribution in [2.24, 2.45) is 0 Å². The van der Waals surface area contributed by atoms with Crippen molar-refractivity contribution in [2.75, 3.05) is 6.54 Å². The molecule has 0 spiro atoms. The van der Waals surface area contributed by atoms with Crippen LogP contribution in [-0.2, 0) is 6.42 Å². The third-order valence-electron chi connectivity index (χ3n) is 2.20. The van der Waals surface area contributed by atoms with Crippen molar-refractivity contribution in [3.05, 3.63) is 16.1 Å². The van der Waals surface area contributed by atoms with Gasteiger partial charge in [-0.3, -0.25) is 0 Å². The average Bonchev–Trinajstić information content (AvgIpc) is 2.74. The lowest BCUT2D eigenvalue weighted by Gasteiger charge is -2.13. The van der Waals surface area contributed by atoms with E-state index in [4.69, 9.17) is 5.11 Å². The molecule has 0 aromatic carbocycles. The summed E-state index contributed by atoms with van der Waals surface area (Å²) < 4.78 is 0. The maximum Gasteiger partial charge on any atom is 0.315 e. The number of aromatic nitrogens is 1. The topological polar surface area (TPSA) is 74.2 Å². The van der Waals surface area contributed by atoms with E-state index in [0.29, 0.717) is 0 Å². The number of aliphatic hydroxyl groups excluding tert-OH is 1. The van der Waals surface area contributed by atoms with E-state index in [1.165, 1.54) is 4.88 Å². The summed E-state index contributed by atoms with van der Waals surface area (Å²) in [6.07, 6.45) is 2.26. The molecule has 0 aliphatic rings. The molecule has 0 fully saturated rings. The maximum atomic E-state index is 11.5. The van der Waals surface area contributed by atoms with E-state index in [2.05, 4.69) is 22.5 Å². The lowest BCUT2D eigenvalue weighted by atomic mass is 10.3. The fourth-order valence-corrected chi connectivity index (χ4v) is 2.10. The molecular weight excluding hydrogens is 238 g/mol. The number of rotatable bonds is 5. The predicted octanol–water partition coefficient (Wildman–Crippen LogP) is 1.45. The van der Waals surface area contributed by atoms with Crippen molar-refractivity contribution in [2.45, 2.75) is 39.3 Å². The molecule has 17 heavy (non-hydrogen) atoms. The zero-order valence-electron chi connectivity index (χ0n) is 10.4. The second-order valence-electron chi connectivity index (χ2n) is 3.94. The van der Waals surface area contributed by atoms with Gasteiger partial charge in [-0.2, -0.15) is 0 Å². The number of hydrogen-bond acceptors (Lipinski definition) is 4. The van der Waals surface area contributed by atoms with Gasteiger partial charge in [0.25, 0.3) is 0 Å². The van der Waals surface area contributed by atoms with Crippen molar-refractivity contribution in [1.82, 2.24) is 15.6 Å². The average molecular weight is 257 g/mol. The second kappa shape index (κ2) is 6.56. The Morgan fingerprint density at radius 1 is 1.59 bits per heavy atom. The summed E-state index contributed by atoms with van der Waals surface area (Å²) in [5, 5.41) is 15.3. The van der Waals surface area contributed by atoms with Gasteiger partial charge in [-0.05, 0) is 20.3 Å². The molecule has 0 radical (unpaired) electrons. The lowest BCUT2D eigenvalue weighted by molar-refractivity contribution is 0.187. The van der Waals surface area contributed by atoms with Gasteiger partial charge in [-0.25, -0.2) is 9.78 Å². The first kappa shape index (κ1) is 13.9. The molecule has 1 heterocycles. The number of carbonyl (C=O) groups excluding carboxylic acids is 1. The zero-order chi connectivity index (χ0) is 12.8. The second-order valence-corrected chi connectivity index (χ2v) is 5.09. The van der Waals surface area contributed by atoms with Gasteiger partial charge in [-0.1, -0.05) is 6.92 Å². The Morgan fingerprint density at radius 3 is 2.82 bits per heavy atom. The quantitative estimate of drug-likeness (QED) is 0.747. The highest BCUT2D eigenvalue weighted by molar-refractivity contribution is 7.11. The lowest BCUT2D eigenvalue weighted by Crippen LogP contribution is -2.40. The van der Waals surface area contributed by atoms with Crippen LogP contribution >= 0.6 is 11.3 Å². The van der Waals surface area contributed by atoms with E-state index in [0.717, 1.165) is 11.4 Å². The number of aryl methyl sites for hydroxylation is 1. The molecule has 6 heteroatoms. The van der Waals surface area contributed by atoms with Crippen LogP contribution in [0.25, 0.3) is 0 Å². The normalized spacial score (nSPS) is 14.1. The van der Waals surface area contributed by atoms with Gasteiger partial charge >= 0.3 is 6.03 Å². The molecule has 0 saturated heterocycles. The highest BCUT2D eigenvalue weighted by Crippen LogP contribution is 2.19. The Balaban J connectivity index is 2.42. The maximum absolute atomic E-state index is 11.5. The van der Waals surface area contributed by atoms with Crippen molar-refractivity contribution in [3.8, 4) is 0 Å². The highest BCUT2D eigenvalue weighted by Gasteiger charge is 2.12. The standard InChI is InChI=1S/C11H19N3O2S/c1-4-9-6-12-10(17-9)8(3)14-11(16)13-5-7(2)15/h6-8,15H,4-5H2,1-3H3,(H2,13,14,16)/t7-,8+/m0/s1. The number of carbonyl (C=O) groups is 1. The third-order valence-corrected chi connectivity index (χ3v) is 3.52. The number of urea groups is 1. The van der Waals surface area contributed by atoms with Crippen LogP contribution in [0, 0.1) is 0 Å². The van der Waals surface area contributed by atoms with E-state index in [9.17, 15) is 4.79 Å². The Hall–Kier alpha value is -1.14. The fraction of sp³-hybridized carbons (Fsp3) is 0.636. The first-order chi connectivity index (χ1) is 8.02. The molecule has 2 amide bonds. The molecule has 5 nitrogen and oxygen atoms in total. The van der Waals surface area contributed by atoms with Crippen molar-refractivity contribution >= 4 is 17.4 Å². The molecule has 2 atom stereocenters. The number of nitrogens with zero attached hydrogens (tertiary/aromatic N) is 1. The molecule has 0 aliphatic heterocycles. The first-order valence-electron chi connectivity index (χ1n) is 5.70. The van der Waals surface area contributed by atoms with Crippen LogP contribution in [-0.4, -0.2) is 28.8 Å². The largest absolute Gasteiger partial charge is 0.392 e. The molecule has 1 rings (SSSR count). The van der Waals surface area contributed by atoms with Crippen LogP contribution in [0.5, 0.6) is 0 Å². The Morgan fingerprint density at radius 2 is 2.29 bits per heavy atom. The van der Waals surface area contributed by atoms with Gasteiger partial charge < -0.3 is 15.7 Å². The van der Waals surface area contributed by atoms with E-state index in [-0.39, 0.29) is 18.6 Å². The monoisotopic (exact) mass is 257 g/mol. The number of amides is 2. The van der Waals surface area contributed by atoms with Crippen LogP contribution in [0.2, 0.25) is 0 Å². The first-order valence-corrected chi connectivity index (χ1v) is 6.51. The van der Waals surface area contributed by atoms with Crippen LogP contribution < -0.4 is 10.6 Å². The fourth-order valence-electron chi connectivity index (χ4n) is 1.24. The third kappa shape index (κ3) is 4.70. The summed E-state index contributed by atoms with van der Waals surface area (Å²) in [5.74, 6) is 0. The summed E-state index contributed by atoms with van der Waals surface area (Å²) in [5.41, 5.74) is 0. The molecule has 1 aromatic heterocycles. The minimum Gasteiger partial charge on any atom is -0.392 e. The van der Waals surface area contributed by atoms with Crippen LogP contribution in [0.1, 0.15) is 36.7 Å². The van der Waals surface area contributed by atoms with E-state index in [1.807, 2.05) is 13.1 Å². The predicted molar refractivity (Wildman–Crippen MR) is 68.1 cm³/mol. The molecular formula is C11H19N3O2S. The summed E-state index contributed by atoms with van der Waals surface area (Å²) in [6, 6.07) is -0.402. The van der Waals surface area contributed by atoms with Crippen LogP contribution in [0.3, 0.4) is 0 Å². The Kier molecular flexibility index (Phi) is 5.37. The number of hydrogen-bond donors (Lipinski definition) is 3. The van der Waals surface area contributed by atoms with Crippen molar-refractivity contribution in [1.29, 1.82) is 0 Å². The summed E-state index contributed by atoms with van der Waals surface area (Å²) in [4.78, 5) is 16.9. The molecule has 0 saturated carbocycles. The molecule has 3 N–H and O–H groups in total. The minimum atomic E-state index is -0.539. The van der Waals surface area contributed by atoms with E-state index < -0.39 is 6.10 Å². The zero-order valence-corrected chi connectivity index (χ0v) is 11.2. The van der Waals surface area contributed by atoms with Gasteiger partial charge in [0.15, 0.2) is 0 Å². The van der Waals surface area contributed by atoms with Gasteiger partial charge in [0, 0.05) is 17.6 Å². The molecule has 0 unspecified atom stereocenters. The smallest absolute Gasteiger partial charge is 0.315 e. The molecule has 1 aromatic rings. The number of aliphatic hydroxyl groups is 1. The van der Waals surface area contributed by atoms with E-state index in [1.54, 1.807) is 18.3 Å². The Bertz CT molecular complexity index is 365. The Labute approximate surface area is 105 Å². The van der Waals surface area contributed by atoms with Crippen molar-refractivity contribution in [3.63, 3.8) is 0 Å². The number of nitrogens with one attached hydrogen (secondary N) is 2. The summed E-state index contributed by atoms with van der Waals surface area (Å²) in [7, 11) is 0. The van der Waals surface area contributed by atoms with Gasteiger partial charge in [-0.15, -0.1) is 11.3 Å². The summed E-state index contributed by atoms with van der Waals surface area (Å²) in [6.45, 7) is 5.83. The van der Waals surface area contributed by atoms with Crippen LogP contribution in [0.15, 0.2) is 6.20 Å². The van der Waals surface area contributed by atoms with Crippen LogP contribution in [0.4, 0.5) is 4.79 Å². The van der Waals surface area contributed by atoms with Crippen molar-refractivity contribution < 1.29 is 9.90 Å². The number of thiazole rings is 1. The van der Waals surface area contributed by atoms with E-state index >= 15 is 0 Å². The van der Waals surface area contributed by atoms with Gasteiger partial charge in [0.1, 0.15) is 5.01 Å². The minimum absolute atomic E-state index is 0.116. The highest BCUT2D eigenvalue weighted by atomic mass is 32.1. The van der Waals surface area contributed by atoms with Gasteiger partial charge in [0.05, 0.1) is 12.1 Å². The summed E-state index contributed by atoms with van der Waals surface area (Å²) >= 11 is 1.60. The molecule has 0 bridgehead atoms. The van der Waals surface area contributed by atoms with Gasteiger partial charge in [0.2, 0.25) is 0 Å².